The van der Waals surface area contributed by atoms with E-state index in [0.29, 0.717) is 21.7 Å². The highest BCUT2D eigenvalue weighted by atomic mass is 35.5. The van der Waals surface area contributed by atoms with Crippen LogP contribution < -0.4 is 5.32 Å². The second kappa shape index (κ2) is 6.49. The van der Waals surface area contributed by atoms with Gasteiger partial charge in [0.1, 0.15) is 6.10 Å². The molecule has 0 aromatic heterocycles. The molecular weight excluding hydrogens is 285 g/mol. The molecule has 0 spiro atoms. The highest BCUT2D eigenvalue weighted by Gasteiger charge is 2.24. The molecule has 1 aliphatic rings. The third-order valence-electron chi connectivity index (χ3n) is 3.46. The van der Waals surface area contributed by atoms with Gasteiger partial charge < -0.3 is 4.74 Å². The zero-order chi connectivity index (χ0) is 13.8. The Morgan fingerprint density at radius 3 is 2.79 bits per heavy atom. The Balaban J connectivity index is 1.95. The molecule has 0 aliphatic heterocycles. The van der Waals surface area contributed by atoms with Crippen LogP contribution in [0.3, 0.4) is 0 Å². The van der Waals surface area contributed by atoms with Crippen molar-refractivity contribution in [2.75, 3.05) is 5.32 Å². The van der Waals surface area contributed by atoms with Crippen molar-refractivity contribution in [3.8, 4) is 0 Å². The topological polar surface area (TPSA) is 38.3 Å². The Bertz CT molecular complexity index is 465. The normalized spacial score (nSPS) is 22.9. The molecule has 104 valence electrons. The van der Waals surface area contributed by atoms with Crippen molar-refractivity contribution < 1.29 is 9.53 Å². The maximum atomic E-state index is 11.9. The first-order valence-corrected chi connectivity index (χ1v) is 7.24. The molecule has 1 amide bonds. The van der Waals surface area contributed by atoms with E-state index in [-0.39, 0.29) is 6.10 Å². The van der Waals surface area contributed by atoms with E-state index in [1.54, 1.807) is 18.2 Å². The van der Waals surface area contributed by atoms with Gasteiger partial charge in [-0.1, -0.05) is 36.5 Å². The molecule has 1 aromatic carbocycles. The Morgan fingerprint density at radius 1 is 1.32 bits per heavy atom. The first-order chi connectivity index (χ1) is 9.06. The predicted octanol–water partition coefficient (Wildman–Crippen LogP) is 5.12. The summed E-state index contributed by atoms with van der Waals surface area (Å²) < 4.78 is 5.45. The Morgan fingerprint density at radius 2 is 2.05 bits per heavy atom. The predicted molar refractivity (Wildman–Crippen MR) is 78.0 cm³/mol. The molecule has 3 nitrogen and oxygen atoms in total. The molecule has 1 N–H and O–H groups in total. The average Bonchev–Trinajstić information content (AvgIpc) is 2.37. The van der Waals surface area contributed by atoms with E-state index in [0.717, 1.165) is 19.3 Å². The average molecular weight is 302 g/mol. The summed E-state index contributed by atoms with van der Waals surface area (Å²) in [7, 11) is 0. The lowest BCUT2D eigenvalue weighted by Crippen LogP contribution is -2.30. The number of benzene rings is 1. The van der Waals surface area contributed by atoms with E-state index in [1.165, 1.54) is 6.42 Å². The second-order valence-corrected chi connectivity index (χ2v) is 5.80. The summed E-state index contributed by atoms with van der Waals surface area (Å²) >= 11 is 11.8. The second-order valence-electron chi connectivity index (χ2n) is 4.95. The monoisotopic (exact) mass is 301 g/mol. The number of halogens is 2. The molecule has 19 heavy (non-hydrogen) atoms. The fourth-order valence-corrected chi connectivity index (χ4v) is 2.66. The van der Waals surface area contributed by atoms with Crippen molar-refractivity contribution in [1.82, 2.24) is 0 Å². The molecule has 0 unspecified atom stereocenters. The lowest BCUT2D eigenvalue weighted by molar-refractivity contribution is 0.0524. The zero-order valence-electron chi connectivity index (χ0n) is 10.8. The summed E-state index contributed by atoms with van der Waals surface area (Å²) in [6.45, 7) is 2.11. The van der Waals surface area contributed by atoms with Crippen LogP contribution in [0.15, 0.2) is 18.2 Å². The lowest BCUT2D eigenvalue weighted by atomic mass is 9.88. The van der Waals surface area contributed by atoms with Crippen LogP contribution in [0.5, 0.6) is 0 Å². The van der Waals surface area contributed by atoms with Crippen LogP contribution in [0.1, 0.15) is 32.6 Å². The SMILES string of the molecule is C[C@H]1CCCC[C@@H]1OC(=O)Nc1cc(Cl)ccc1Cl. The van der Waals surface area contributed by atoms with E-state index in [2.05, 4.69) is 12.2 Å². The number of nitrogens with one attached hydrogen (secondary N) is 1. The molecule has 2 atom stereocenters. The summed E-state index contributed by atoms with van der Waals surface area (Å²) in [4.78, 5) is 11.9. The van der Waals surface area contributed by atoms with Gasteiger partial charge in [0.25, 0.3) is 0 Å². The van der Waals surface area contributed by atoms with Crippen LogP contribution in [0.25, 0.3) is 0 Å². The number of amides is 1. The third kappa shape index (κ3) is 4.02. The van der Waals surface area contributed by atoms with Crippen molar-refractivity contribution in [1.29, 1.82) is 0 Å². The van der Waals surface area contributed by atoms with Crippen molar-refractivity contribution in [2.24, 2.45) is 5.92 Å². The van der Waals surface area contributed by atoms with E-state index >= 15 is 0 Å². The van der Waals surface area contributed by atoms with Gasteiger partial charge in [-0.25, -0.2) is 4.79 Å². The van der Waals surface area contributed by atoms with Gasteiger partial charge >= 0.3 is 6.09 Å². The standard InChI is InChI=1S/C14H17Cl2NO2/c1-9-4-2-3-5-13(9)19-14(18)17-12-8-10(15)6-7-11(12)16/h6-9,13H,2-5H2,1H3,(H,17,18)/t9-,13-/m0/s1. The molecule has 1 saturated carbocycles. The van der Waals surface area contributed by atoms with Crippen molar-refractivity contribution in [3.63, 3.8) is 0 Å². The summed E-state index contributed by atoms with van der Waals surface area (Å²) in [6.07, 6.45) is 3.88. The zero-order valence-corrected chi connectivity index (χ0v) is 12.3. The van der Waals surface area contributed by atoms with E-state index in [1.807, 2.05) is 0 Å². The minimum absolute atomic E-state index is 0.00768. The van der Waals surface area contributed by atoms with Crippen LogP contribution in [0.4, 0.5) is 10.5 Å². The number of carbonyl (C=O) groups is 1. The molecule has 1 aromatic rings. The first kappa shape index (κ1) is 14.5. The Labute approximate surface area is 123 Å². The first-order valence-electron chi connectivity index (χ1n) is 6.49. The quantitative estimate of drug-likeness (QED) is 0.823. The van der Waals surface area contributed by atoms with Gasteiger partial charge in [-0.2, -0.15) is 0 Å². The summed E-state index contributed by atoms with van der Waals surface area (Å²) in [5.41, 5.74) is 0.475. The molecule has 5 heteroatoms. The van der Waals surface area contributed by atoms with Gasteiger partial charge in [0, 0.05) is 5.02 Å². The number of anilines is 1. The highest BCUT2D eigenvalue weighted by molar-refractivity contribution is 6.35. The van der Waals surface area contributed by atoms with Gasteiger partial charge in [0.2, 0.25) is 0 Å². The summed E-state index contributed by atoms with van der Waals surface area (Å²) in [5.74, 6) is 0.411. The number of rotatable bonds is 2. The van der Waals surface area contributed by atoms with Crippen molar-refractivity contribution in [3.05, 3.63) is 28.2 Å². The van der Waals surface area contributed by atoms with E-state index in [4.69, 9.17) is 27.9 Å². The fourth-order valence-electron chi connectivity index (χ4n) is 2.33. The molecule has 0 saturated heterocycles. The van der Waals surface area contributed by atoms with Crippen molar-refractivity contribution >= 4 is 35.0 Å². The fraction of sp³-hybridized carbons (Fsp3) is 0.500. The number of hydrogen-bond acceptors (Lipinski definition) is 2. The van der Waals surface area contributed by atoms with Crippen LogP contribution in [-0.2, 0) is 4.74 Å². The maximum absolute atomic E-state index is 11.9. The molecule has 1 fully saturated rings. The van der Waals surface area contributed by atoms with Gasteiger partial charge in [-0.3, -0.25) is 5.32 Å². The summed E-state index contributed by atoms with van der Waals surface area (Å²) in [6, 6.07) is 4.92. The molecule has 0 heterocycles. The van der Waals surface area contributed by atoms with Crippen LogP contribution in [-0.4, -0.2) is 12.2 Å². The van der Waals surface area contributed by atoms with Gasteiger partial charge in [0.05, 0.1) is 10.7 Å². The number of hydrogen-bond donors (Lipinski definition) is 1. The van der Waals surface area contributed by atoms with Crippen molar-refractivity contribution in [2.45, 2.75) is 38.7 Å². The molecule has 0 radical (unpaired) electrons. The van der Waals surface area contributed by atoms with E-state index in [9.17, 15) is 4.79 Å². The lowest BCUT2D eigenvalue weighted by Gasteiger charge is -2.28. The highest BCUT2D eigenvalue weighted by Crippen LogP contribution is 2.28. The van der Waals surface area contributed by atoms with Crippen LogP contribution in [0, 0.1) is 5.92 Å². The number of carbonyl (C=O) groups excluding carboxylic acids is 1. The smallest absolute Gasteiger partial charge is 0.411 e. The Kier molecular flexibility index (Phi) is 4.94. The molecule has 0 bridgehead atoms. The largest absolute Gasteiger partial charge is 0.446 e. The van der Waals surface area contributed by atoms with Gasteiger partial charge in [0.15, 0.2) is 0 Å². The van der Waals surface area contributed by atoms with Crippen LogP contribution >= 0.6 is 23.2 Å². The van der Waals surface area contributed by atoms with Crippen LogP contribution in [0.2, 0.25) is 10.0 Å². The van der Waals surface area contributed by atoms with Gasteiger partial charge in [-0.15, -0.1) is 0 Å². The minimum atomic E-state index is -0.470. The van der Waals surface area contributed by atoms with Gasteiger partial charge in [-0.05, 0) is 43.4 Å². The maximum Gasteiger partial charge on any atom is 0.411 e. The number of ether oxygens (including phenoxy) is 1. The third-order valence-corrected chi connectivity index (χ3v) is 4.02. The minimum Gasteiger partial charge on any atom is -0.446 e. The Hall–Kier alpha value is -0.930. The molecule has 2 rings (SSSR count). The molecule has 1 aliphatic carbocycles. The molecular formula is C14H17Cl2NO2. The summed E-state index contributed by atoms with van der Waals surface area (Å²) in [5, 5.41) is 3.60. The van der Waals surface area contributed by atoms with E-state index < -0.39 is 6.09 Å².